The van der Waals surface area contributed by atoms with Gasteiger partial charge in [-0.3, -0.25) is 0 Å². The Morgan fingerprint density at radius 1 is 1.25 bits per heavy atom. The molecular formula is C18H22NO4S-. The maximum Gasteiger partial charge on any atom is 0.161 e. The summed E-state index contributed by atoms with van der Waals surface area (Å²) in [6.45, 7) is 4.49. The summed E-state index contributed by atoms with van der Waals surface area (Å²) in [6, 6.07) is 5.52. The van der Waals surface area contributed by atoms with Gasteiger partial charge in [-0.15, -0.1) is 11.3 Å². The SMILES string of the molecule is CCCCCCOc1ccc(-c2nc(C)c(C(=O)[O-])s2)cc1OC. The Bertz CT molecular complexity index is 696. The minimum absolute atomic E-state index is 0.153. The van der Waals surface area contributed by atoms with E-state index in [-0.39, 0.29) is 4.88 Å². The number of nitrogens with zero attached hydrogens (tertiary/aromatic N) is 1. The minimum atomic E-state index is -1.20. The molecule has 1 aromatic carbocycles. The largest absolute Gasteiger partial charge is 0.544 e. The molecule has 0 atom stereocenters. The van der Waals surface area contributed by atoms with Crippen LogP contribution < -0.4 is 14.6 Å². The van der Waals surface area contributed by atoms with Crippen LogP contribution in [-0.4, -0.2) is 24.7 Å². The van der Waals surface area contributed by atoms with E-state index in [1.165, 1.54) is 12.8 Å². The fourth-order valence-corrected chi connectivity index (χ4v) is 3.24. The van der Waals surface area contributed by atoms with E-state index in [0.717, 1.165) is 29.7 Å². The molecule has 0 unspecified atom stereocenters. The molecule has 0 amide bonds. The van der Waals surface area contributed by atoms with Crippen LogP contribution in [0.4, 0.5) is 0 Å². The molecule has 1 aromatic heterocycles. The van der Waals surface area contributed by atoms with Crippen LogP contribution in [0.2, 0.25) is 0 Å². The highest BCUT2D eigenvalue weighted by molar-refractivity contribution is 7.17. The topological polar surface area (TPSA) is 71.5 Å². The summed E-state index contributed by atoms with van der Waals surface area (Å²) in [5, 5.41) is 11.7. The highest BCUT2D eigenvalue weighted by Crippen LogP contribution is 2.35. The van der Waals surface area contributed by atoms with Crippen LogP contribution in [0.3, 0.4) is 0 Å². The molecule has 130 valence electrons. The molecule has 0 N–H and O–H groups in total. The summed E-state index contributed by atoms with van der Waals surface area (Å²) in [4.78, 5) is 15.5. The van der Waals surface area contributed by atoms with Crippen molar-refractivity contribution in [3.05, 3.63) is 28.8 Å². The van der Waals surface area contributed by atoms with Crippen LogP contribution in [0, 0.1) is 6.92 Å². The zero-order valence-electron chi connectivity index (χ0n) is 14.3. The number of aromatic carboxylic acids is 1. The second kappa shape index (κ2) is 8.68. The first-order chi connectivity index (χ1) is 11.6. The Balaban J connectivity index is 2.13. The van der Waals surface area contributed by atoms with Gasteiger partial charge >= 0.3 is 0 Å². The Morgan fingerprint density at radius 2 is 2.04 bits per heavy atom. The van der Waals surface area contributed by atoms with Crippen molar-refractivity contribution in [3.8, 4) is 22.1 Å². The molecule has 0 radical (unpaired) electrons. The van der Waals surface area contributed by atoms with Crippen LogP contribution in [0.1, 0.15) is 48.0 Å². The fraction of sp³-hybridized carbons (Fsp3) is 0.444. The lowest BCUT2D eigenvalue weighted by Crippen LogP contribution is -2.21. The number of aryl methyl sites for hydroxylation is 1. The van der Waals surface area contributed by atoms with Crippen molar-refractivity contribution in [2.24, 2.45) is 0 Å². The number of ether oxygens (including phenoxy) is 2. The minimum Gasteiger partial charge on any atom is -0.544 e. The second-order valence-corrected chi connectivity index (χ2v) is 6.49. The van der Waals surface area contributed by atoms with Gasteiger partial charge in [-0.05, 0) is 31.5 Å². The molecule has 0 bridgehead atoms. The number of hydrogen-bond donors (Lipinski definition) is 0. The monoisotopic (exact) mass is 348 g/mol. The lowest BCUT2D eigenvalue weighted by atomic mass is 10.2. The van der Waals surface area contributed by atoms with Crippen LogP contribution in [0.15, 0.2) is 18.2 Å². The Kier molecular flexibility index (Phi) is 6.61. The van der Waals surface area contributed by atoms with Gasteiger partial charge in [-0.25, -0.2) is 4.98 Å². The molecule has 6 heteroatoms. The van der Waals surface area contributed by atoms with Gasteiger partial charge in [-0.1, -0.05) is 26.2 Å². The normalized spacial score (nSPS) is 10.6. The molecule has 2 rings (SSSR count). The second-order valence-electron chi connectivity index (χ2n) is 5.50. The van der Waals surface area contributed by atoms with E-state index in [1.54, 1.807) is 14.0 Å². The number of methoxy groups -OCH3 is 1. The van der Waals surface area contributed by atoms with E-state index in [2.05, 4.69) is 11.9 Å². The summed E-state index contributed by atoms with van der Waals surface area (Å²) in [5.74, 6) is 0.104. The van der Waals surface area contributed by atoms with Gasteiger partial charge in [0.1, 0.15) is 5.01 Å². The van der Waals surface area contributed by atoms with Crippen LogP contribution in [0.5, 0.6) is 11.5 Å². The highest BCUT2D eigenvalue weighted by atomic mass is 32.1. The van der Waals surface area contributed by atoms with Gasteiger partial charge in [0.2, 0.25) is 0 Å². The summed E-state index contributed by atoms with van der Waals surface area (Å²) in [6.07, 6.45) is 4.57. The van der Waals surface area contributed by atoms with E-state index in [1.807, 2.05) is 18.2 Å². The lowest BCUT2D eigenvalue weighted by Gasteiger charge is -2.11. The maximum absolute atomic E-state index is 11.1. The Labute approximate surface area is 146 Å². The molecule has 0 saturated carbocycles. The number of carboxylic acids is 1. The van der Waals surface area contributed by atoms with Crippen molar-refractivity contribution in [1.82, 2.24) is 4.98 Å². The van der Waals surface area contributed by atoms with Gasteiger partial charge in [-0.2, -0.15) is 0 Å². The van der Waals surface area contributed by atoms with Gasteiger partial charge in [0, 0.05) is 5.56 Å². The Hall–Kier alpha value is -2.08. The van der Waals surface area contributed by atoms with E-state index < -0.39 is 5.97 Å². The molecule has 0 saturated heterocycles. The van der Waals surface area contributed by atoms with Crippen molar-refractivity contribution in [2.45, 2.75) is 39.5 Å². The van der Waals surface area contributed by atoms with Crippen LogP contribution >= 0.6 is 11.3 Å². The summed E-state index contributed by atoms with van der Waals surface area (Å²) >= 11 is 1.10. The van der Waals surface area contributed by atoms with Crippen LogP contribution in [0.25, 0.3) is 10.6 Å². The third-order valence-electron chi connectivity index (χ3n) is 3.65. The number of thiazole rings is 1. The summed E-state index contributed by atoms with van der Waals surface area (Å²) in [5.41, 5.74) is 1.26. The quantitative estimate of drug-likeness (QED) is 0.649. The smallest absolute Gasteiger partial charge is 0.161 e. The zero-order valence-corrected chi connectivity index (χ0v) is 15.1. The summed E-state index contributed by atoms with van der Waals surface area (Å²) in [7, 11) is 1.59. The molecular weight excluding hydrogens is 326 g/mol. The Morgan fingerprint density at radius 3 is 2.67 bits per heavy atom. The first kappa shape index (κ1) is 18.3. The summed E-state index contributed by atoms with van der Waals surface area (Å²) < 4.78 is 11.2. The number of hydrogen-bond acceptors (Lipinski definition) is 6. The average molecular weight is 348 g/mol. The average Bonchev–Trinajstić information content (AvgIpc) is 2.97. The molecule has 0 aliphatic rings. The molecule has 0 spiro atoms. The van der Waals surface area contributed by atoms with Crippen molar-refractivity contribution in [1.29, 1.82) is 0 Å². The van der Waals surface area contributed by atoms with Crippen molar-refractivity contribution >= 4 is 17.3 Å². The van der Waals surface area contributed by atoms with E-state index >= 15 is 0 Å². The molecule has 0 aliphatic heterocycles. The molecule has 24 heavy (non-hydrogen) atoms. The maximum atomic E-state index is 11.1. The van der Waals surface area contributed by atoms with E-state index in [0.29, 0.717) is 28.8 Å². The first-order valence-corrected chi connectivity index (χ1v) is 8.88. The molecule has 2 aromatic rings. The number of carbonyl (C=O) groups excluding carboxylic acids is 1. The number of rotatable bonds is 9. The van der Waals surface area contributed by atoms with Gasteiger partial charge in [0.05, 0.1) is 30.3 Å². The zero-order chi connectivity index (χ0) is 17.5. The van der Waals surface area contributed by atoms with Crippen molar-refractivity contribution in [2.75, 3.05) is 13.7 Å². The van der Waals surface area contributed by atoms with Crippen molar-refractivity contribution < 1.29 is 19.4 Å². The van der Waals surface area contributed by atoms with Gasteiger partial charge in [0.15, 0.2) is 11.5 Å². The third-order valence-corrected chi connectivity index (χ3v) is 4.83. The first-order valence-electron chi connectivity index (χ1n) is 8.06. The lowest BCUT2D eigenvalue weighted by molar-refractivity contribution is -0.254. The van der Waals surface area contributed by atoms with Gasteiger partial charge in [0.25, 0.3) is 0 Å². The number of carboxylic acid groups (broad SMARTS) is 1. The van der Waals surface area contributed by atoms with Crippen LogP contribution in [-0.2, 0) is 0 Å². The van der Waals surface area contributed by atoms with E-state index in [4.69, 9.17) is 9.47 Å². The molecule has 0 fully saturated rings. The number of aromatic nitrogens is 1. The van der Waals surface area contributed by atoms with Gasteiger partial charge < -0.3 is 19.4 Å². The molecule has 0 aliphatic carbocycles. The number of carbonyl (C=O) groups is 1. The fourth-order valence-electron chi connectivity index (χ4n) is 2.34. The third kappa shape index (κ3) is 4.47. The predicted octanol–water partition coefficient (Wildman–Crippen LogP) is 3.45. The standard InChI is InChI=1S/C18H23NO4S/c1-4-5-6-7-10-23-14-9-8-13(11-15(14)22-3)17-19-12(2)16(24-17)18(20)21/h8-9,11H,4-7,10H2,1-3H3,(H,20,21)/p-1. The predicted molar refractivity (Wildman–Crippen MR) is 92.8 cm³/mol. The number of unbranched alkanes of at least 4 members (excludes halogenated alkanes) is 3. The molecule has 5 nitrogen and oxygen atoms in total. The van der Waals surface area contributed by atoms with E-state index in [9.17, 15) is 9.90 Å². The highest BCUT2D eigenvalue weighted by Gasteiger charge is 2.13. The molecule has 1 heterocycles. The van der Waals surface area contributed by atoms with Crippen molar-refractivity contribution in [3.63, 3.8) is 0 Å². The number of benzene rings is 1.